The van der Waals surface area contributed by atoms with E-state index >= 15 is 0 Å². The van der Waals surface area contributed by atoms with Crippen LogP contribution < -0.4 is 16.0 Å². The van der Waals surface area contributed by atoms with Crippen LogP contribution in [0.4, 0.5) is 10.5 Å². The minimum absolute atomic E-state index is 0. The highest BCUT2D eigenvalue weighted by Gasteiger charge is 2.26. The van der Waals surface area contributed by atoms with Gasteiger partial charge in [-0.05, 0) is 56.2 Å². The van der Waals surface area contributed by atoms with Crippen LogP contribution in [0.5, 0.6) is 0 Å². The van der Waals surface area contributed by atoms with E-state index in [0.717, 1.165) is 37.4 Å². The molecule has 1 aromatic rings. The van der Waals surface area contributed by atoms with Crippen molar-refractivity contribution in [2.45, 2.75) is 45.2 Å². The van der Waals surface area contributed by atoms with Crippen LogP contribution in [-0.4, -0.2) is 80.3 Å². The second-order valence-electron chi connectivity index (χ2n) is 9.20. The highest BCUT2D eigenvalue weighted by Crippen LogP contribution is 2.30. The van der Waals surface area contributed by atoms with Crippen molar-refractivity contribution in [1.29, 1.82) is 0 Å². The third-order valence-electron chi connectivity index (χ3n) is 6.69. The Morgan fingerprint density at radius 3 is 2.33 bits per heavy atom. The largest absolute Gasteiger partial charge is 0.450 e. The number of benzene rings is 1. The Labute approximate surface area is 214 Å². The van der Waals surface area contributed by atoms with Gasteiger partial charge in [0.05, 0.1) is 13.2 Å². The molecule has 0 atom stereocenters. The van der Waals surface area contributed by atoms with E-state index in [1.807, 2.05) is 6.92 Å². The molecule has 1 aromatic carbocycles. The van der Waals surface area contributed by atoms with Gasteiger partial charge in [0, 0.05) is 57.5 Å². The number of carbonyl (C=O) groups excluding carboxylic acids is 1. The van der Waals surface area contributed by atoms with Crippen molar-refractivity contribution >= 4 is 41.7 Å². The lowest BCUT2D eigenvalue weighted by molar-refractivity contribution is 0.0963. The maximum atomic E-state index is 11.8. The number of carbonyl (C=O) groups is 1. The maximum Gasteiger partial charge on any atom is 0.409 e. The van der Waals surface area contributed by atoms with Crippen molar-refractivity contribution in [1.82, 2.24) is 15.1 Å². The molecule has 4 rings (SSSR count). The van der Waals surface area contributed by atoms with Crippen molar-refractivity contribution in [2.75, 3.05) is 57.3 Å². The van der Waals surface area contributed by atoms with Gasteiger partial charge in [-0.1, -0.05) is 12.1 Å². The molecule has 3 N–H and O–H groups in total. The summed E-state index contributed by atoms with van der Waals surface area (Å²) in [5.41, 5.74) is 8.56. The van der Waals surface area contributed by atoms with Crippen LogP contribution in [-0.2, 0) is 11.3 Å². The van der Waals surface area contributed by atoms with Gasteiger partial charge < -0.3 is 25.6 Å². The highest BCUT2D eigenvalue weighted by atomic mass is 127. The average Bonchev–Trinajstić information content (AvgIpc) is 3.63. The summed E-state index contributed by atoms with van der Waals surface area (Å²) in [7, 11) is 0. The number of nitrogens with one attached hydrogen (secondary N) is 1. The summed E-state index contributed by atoms with van der Waals surface area (Å²) >= 11 is 0. The van der Waals surface area contributed by atoms with Gasteiger partial charge in [0.25, 0.3) is 0 Å². The normalized spacial score (nSPS) is 20.3. The molecule has 2 saturated heterocycles. The summed E-state index contributed by atoms with van der Waals surface area (Å²) in [5.74, 6) is 1.44. The number of nitrogens with zero attached hydrogens (tertiary/aromatic N) is 4. The van der Waals surface area contributed by atoms with Crippen molar-refractivity contribution in [2.24, 2.45) is 16.6 Å². The molecule has 33 heavy (non-hydrogen) atoms. The molecular formula is C24H39IN6O2. The fourth-order valence-electron chi connectivity index (χ4n) is 4.52. The molecule has 2 aliphatic heterocycles. The number of hydrogen-bond acceptors (Lipinski definition) is 5. The van der Waals surface area contributed by atoms with Gasteiger partial charge in [-0.25, -0.2) is 9.79 Å². The molecule has 0 radical (unpaired) electrons. The molecule has 0 spiro atoms. The number of aliphatic imine (C=N–C) groups is 1. The number of piperidine rings is 1. The molecule has 9 heteroatoms. The smallest absolute Gasteiger partial charge is 0.409 e. The van der Waals surface area contributed by atoms with E-state index in [1.54, 1.807) is 4.90 Å². The zero-order valence-corrected chi connectivity index (χ0v) is 22.1. The second kappa shape index (κ2) is 12.6. The number of piperazine rings is 1. The molecular weight excluding hydrogens is 531 g/mol. The predicted molar refractivity (Wildman–Crippen MR) is 143 cm³/mol. The molecule has 0 unspecified atom stereocenters. The molecule has 3 aliphatic rings. The molecule has 184 valence electrons. The lowest BCUT2D eigenvalue weighted by Gasteiger charge is -2.36. The number of rotatable bonds is 7. The fourth-order valence-corrected chi connectivity index (χ4v) is 4.52. The topological polar surface area (TPSA) is 86.4 Å². The summed E-state index contributed by atoms with van der Waals surface area (Å²) in [6.07, 6.45) is 4.32. The SMILES string of the molecule is CCOC(=O)N1CCC(NC(N)=NCc2ccc(N3CCN(CC4CC4)CC3)cc2)CC1.I. The Kier molecular flexibility index (Phi) is 9.91. The number of guanidine groups is 1. The van der Waals surface area contributed by atoms with Crippen molar-refractivity contribution in [3.63, 3.8) is 0 Å². The number of ether oxygens (including phenoxy) is 1. The Morgan fingerprint density at radius 1 is 1.06 bits per heavy atom. The van der Waals surface area contributed by atoms with Crippen LogP contribution in [0.3, 0.4) is 0 Å². The van der Waals surface area contributed by atoms with E-state index in [-0.39, 0.29) is 36.1 Å². The fraction of sp³-hybridized carbons (Fsp3) is 0.667. The quantitative estimate of drug-likeness (QED) is 0.298. The summed E-state index contributed by atoms with van der Waals surface area (Å²) < 4.78 is 5.07. The standard InChI is InChI=1S/C24H38N6O2.HI/c1-2-32-24(31)30-11-9-21(10-12-30)27-23(25)26-17-19-5-7-22(8-6-19)29-15-13-28(14-16-29)18-20-3-4-20;/h5-8,20-21H,2-4,9-18H2,1H3,(H3,25,26,27);1H. The monoisotopic (exact) mass is 570 g/mol. The number of hydrogen-bond donors (Lipinski definition) is 2. The summed E-state index contributed by atoms with van der Waals surface area (Å²) in [4.78, 5) is 23.2. The van der Waals surface area contributed by atoms with E-state index in [9.17, 15) is 4.79 Å². The predicted octanol–water partition coefficient (Wildman–Crippen LogP) is 2.86. The highest BCUT2D eigenvalue weighted by molar-refractivity contribution is 14.0. The minimum atomic E-state index is -0.226. The van der Waals surface area contributed by atoms with Gasteiger partial charge in [-0.15, -0.1) is 24.0 Å². The molecule has 2 heterocycles. The van der Waals surface area contributed by atoms with Crippen LogP contribution >= 0.6 is 24.0 Å². The van der Waals surface area contributed by atoms with E-state index in [4.69, 9.17) is 10.5 Å². The lowest BCUT2D eigenvalue weighted by Crippen LogP contribution is -2.48. The molecule has 1 saturated carbocycles. The lowest BCUT2D eigenvalue weighted by atomic mass is 10.1. The first-order valence-corrected chi connectivity index (χ1v) is 12.1. The first kappa shape index (κ1) is 25.9. The van der Waals surface area contributed by atoms with Gasteiger partial charge in [0.15, 0.2) is 5.96 Å². The van der Waals surface area contributed by atoms with Crippen LogP contribution in [0, 0.1) is 5.92 Å². The minimum Gasteiger partial charge on any atom is -0.450 e. The van der Waals surface area contributed by atoms with E-state index < -0.39 is 0 Å². The zero-order valence-electron chi connectivity index (χ0n) is 19.7. The number of anilines is 1. The summed E-state index contributed by atoms with van der Waals surface area (Å²) in [6.45, 7) is 10.0. The van der Waals surface area contributed by atoms with Crippen molar-refractivity contribution in [3.05, 3.63) is 29.8 Å². The Hall–Kier alpha value is -1.75. The van der Waals surface area contributed by atoms with Gasteiger partial charge in [0.2, 0.25) is 0 Å². The first-order chi connectivity index (χ1) is 15.6. The van der Waals surface area contributed by atoms with Crippen molar-refractivity contribution < 1.29 is 9.53 Å². The van der Waals surface area contributed by atoms with E-state index in [1.165, 1.54) is 38.2 Å². The second-order valence-corrected chi connectivity index (χ2v) is 9.20. The first-order valence-electron chi connectivity index (χ1n) is 12.1. The maximum absolute atomic E-state index is 11.8. The van der Waals surface area contributed by atoms with Gasteiger partial charge in [0.1, 0.15) is 0 Å². The third-order valence-corrected chi connectivity index (χ3v) is 6.69. The number of halogens is 1. The van der Waals surface area contributed by atoms with Crippen molar-refractivity contribution in [3.8, 4) is 0 Å². The summed E-state index contributed by atoms with van der Waals surface area (Å²) in [6, 6.07) is 8.96. The Morgan fingerprint density at radius 2 is 1.73 bits per heavy atom. The van der Waals surface area contributed by atoms with Crippen LogP contribution in [0.15, 0.2) is 29.3 Å². The van der Waals surface area contributed by atoms with Crippen LogP contribution in [0.2, 0.25) is 0 Å². The Bertz CT molecular complexity index is 770. The van der Waals surface area contributed by atoms with Gasteiger partial charge >= 0.3 is 6.09 Å². The van der Waals surface area contributed by atoms with E-state index in [0.29, 0.717) is 32.2 Å². The molecule has 8 nitrogen and oxygen atoms in total. The molecule has 1 amide bonds. The molecule has 0 bridgehead atoms. The molecule has 1 aliphatic carbocycles. The number of nitrogens with two attached hydrogens (primary N) is 1. The molecule has 0 aromatic heterocycles. The molecule has 3 fully saturated rings. The number of likely N-dealkylation sites (tertiary alicyclic amines) is 1. The van der Waals surface area contributed by atoms with E-state index in [2.05, 4.69) is 44.4 Å². The van der Waals surface area contributed by atoms with Gasteiger partial charge in [-0.3, -0.25) is 4.90 Å². The van der Waals surface area contributed by atoms with Crippen LogP contribution in [0.1, 0.15) is 38.2 Å². The summed E-state index contributed by atoms with van der Waals surface area (Å²) in [5, 5.41) is 3.30. The average molecular weight is 571 g/mol. The third kappa shape index (κ3) is 7.91. The zero-order chi connectivity index (χ0) is 22.3. The Balaban J connectivity index is 0.00000306. The van der Waals surface area contributed by atoms with Gasteiger partial charge in [-0.2, -0.15) is 0 Å². The number of amides is 1. The van der Waals surface area contributed by atoms with Crippen LogP contribution in [0.25, 0.3) is 0 Å².